The van der Waals surface area contributed by atoms with E-state index in [0.717, 1.165) is 10.6 Å². The van der Waals surface area contributed by atoms with E-state index < -0.39 is 13.5 Å². The van der Waals surface area contributed by atoms with Crippen molar-refractivity contribution in [1.82, 2.24) is 0 Å². The summed E-state index contributed by atoms with van der Waals surface area (Å²) in [5.74, 6) is 0.857. The van der Waals surface area contributed by atoms with Crippen molar-refractivity contribution in [3.63, 3.8) is 0 Å². The molecule has 0 bridgehead atoms. The van der Waals surface area contributed by atoms with E-state index in [2.05, 4.69) is 0 Å². The van der Waals surface area contributed by atoms with Crippen molar-refractivity contribution in [3.8, 4) is 5.75 Å². The van der Waals surface area contributed by atoms with Crippen LogP contribution in [0.25, 0.3) is 0 Å². The minimum atomic E-state index is -1.65. The zero-order valence-corrected chi connectivity index (χ0v) is 10.9. The van der Waals surface area contributed by atoms with E-state index in [1.165, 1.54) is 0 Å². The molecule has 0 amide bonds. The molecule has 0 spiro atoms. The second kappa shape index (κ2) is 6.03. The molecule has 0 unspecified atom stereocenters. The third-order valence-electron chi connectivity index (χ3n) is 1.30. The molecule has 0 saturated carbocycles. The van der Waals surface area contributed by atoms with Crippen LogP contribution in [0.1, 0.15) is 0 Å². The molecular formula is C8H8Cl2ORuS. The van der Waals surface area contributed by atoms with Crippen molar-refractivity contribution in [3.05, 3.63) is 24.3 Å². The van der Waals surface area contributed by atoms with Crippen molar-refractivity contribution in [2.45, 2.75) is 4.90 Å². The number of halogens is 2. The van der Waals surface area contributed by atoms with Crippen LogP contribution in [0.5, 0.6) is 5.75 Å². The van der Waals surface area contributed by atoms with E-state index in [1.807, 2.05) is 28.2 Å². The van der Waals surface area contributed by atoms with Crippen LogP contribution in [0.15, 0.2) is 29.2 Å². The molecule has 0 aliphatic rings. The Hall–Kier alpha value is 0.443. The van der Waals surface area contributed by atoms with E-state index in [0.29, 0.717) is 0 Å². The standard InChI is InChI=1S/C8H8OS.2ClH.Ru/c1-9-7-3-5-8(10-2)6-4-7;;;/h2-6H,1H3;2*1H;/q;;;+2/p-2. The van der Waals surface area contributed by atoms with Crippen LogP contribution in [0.2, 0.25) is 0 Å². The SMILES string of the molecule is COc1ccc(S[CH]=[Ru]([Cl])[Cl])cc1. The fraction of sp³-hybridized carbons (Fsp3) is 0.125. The fourth-order valence-corrected chi connectivity index (χ4v) is 3.48. The summed E-state index contributed by atoms with van der Waals surface area (Å²) < 4.78 is 6.93. The van der Waals surface area contributed by atoms with Gasteiger partial charge in [-0.2, -0.15) is 0 Å². The summed E-state index contributed by atoms with van der Waals surface area (Å²) in [5.41, 5.74) is 0. The predicted octanol–water partition coefficient (Wildman–Crippen LogP) is 3.47. The second-order valence-electron chi connectivity index (χ2n) is 2.08. The zero-order valence-electron chi connectivity index (χ0n) is 6.81. The number of rotatable bonds is 3. The van der Waals surface area contributed by atoms with Gasteiger partial charge in [-0.25, -0.2) is 0 Å². The molecule has 0 atom stereocenters. The quantitative estimate of drug-likeness (QED) is 0.622. The van der Waals surface area contributed by atoms with Crippen molar-refractivity contribution >= 4 is 35.1 Å². The summed E-state index contributed by atoms with van der Waals surface area (Å²) in [6, 6.07) is 7.78. The van der Waals surface area contributed by atoms with E-state index in [9.17, 15) is 0 Å². The van der Waals surface area contributed by atoms with Gasteiger partial charge in [0.1, 0.15) is 0 Å². The summed E-state index contributed by atoms with van der Waals surface area (Å²) in [7, 11) is 13.0. The Kier molecular flexibility index (Phi) is 5.34. The first kappa shape index (κ1) is 11.5. The molecule has 0 radical (unpaired) electrons. The molecule has 0 saturated heterocycles. The van der Waals surface area contributed by atoms with Crippen LogP contribution in [0, 0.1) is 0 Å². The van der Waals surface area contributed by atoms with Gasteiger partial charge in [0.15, 0.2) is 0 Å². The number of thioether (sulfide) groups is 1. The number of hydrogen-bond donors (Lipinski definition) is 0. The number of ether oxygens (including phenoxy) is 1. The first-order chi connectivity index (χ1) is 6.22. The maximum absolute atomic E-state index is 5.69. The number of methoxy groups -OCH3 is 1. The van der Waals surface area contributed by atoms with Gasteiger partial charge in [-0.1, -0.05) is 0 Å². The monoisotopic (exact) mass is 324 g/mol. The van der Waals surface area contributed by atoms with Gasteiger partial charge >= 0.3 is 95.4 Å². The van der Waals surface area contributed by atoms with Gasteiger partial charge in [-0.3, -0.25) is 0 Å². The van der Waals surface area contributed by atoms with Crippen molar-refractivity contribution in [2.24, 2.45) is 0 Å². The second-order valence-corrected chi connectivity index (χ2v) is 9.41. The molecule has 1 aromatic carbocycles. The van der Waals surface area contributed by atoms with Crippen LogP contribution in [0.4, 0.5) is 0 Å². The van der Waals surface area contributed by atoms with Crippen molar-refractivity contribution in [2.75, 3.05) is 7.11 Å². The predicted molar refractivity (Wildman–Crippen MR) is 56.6 cm³/mol. The molecule has 13 heavy (non-hydrogen) atoms. The van der Waals surface area contributed by atoms with Crippen LogP contribution < -0.4 is 4.74 Å². The maximum atomic E-state index is 5.69. The molecule has 1 aromatic rings. The van der Waals surface area contributed by atoms with Gasteiger partial charge in [0.05, 0.1) is 0 Å². The first-order valence-electron chi connectivity index (χ1n) is 3.34. The summed E-state index contributed by atoms with van der Waals surface area (Å²) in [6.07, 6.45) is 0. The summed E-state index contributed by atoms with van der Waals surface area (Å²) in [6.45, 7) is 0. The van der Waals surface area contributed by atoms with Gasteiger partial charge in [0.2, 0.25) is 0 Å². The van der Waals surface area contributed by atoms with Gasteiger partial charge in [0, 0.05) is 0 Å². The molecule has 0 heterocycles. The first-order valence-corrected chi connectivity index (χ1v) is 9.70. The van der Waals surface area contributed by atoms with Crippen LogP contribution in [-0.4, -0.2) is 11.1 Å². The van der Waals surface area contributed by atoms with E-state index in [1.54, 1.807) is 18.9 Å². The molecule has 0 aromatic heterocycles. The Bertz CT molecular complexity index is 296. The van der Waals surface area contributed by atoms with Crippen LogP contribution in [0.3, 0.4) is 0 Å². The summed E-state index contributed by atoms with van der Waals surface area (Å²) in [5, 5.41) is 0. The molecule has 5 heteroatoms. The van der Waals surface area contributed by atoms with Gasteiger partial charge < -0.3 is 0 Å². The minimum absolute atomic E-state index is 0.857. The molecule has 0 aliphatic carbocycles. The fourth-order valence-electron chi connectivity index (χ4n) is 0.734. The average Bonchev–Trinajstić information content (AvgIpc) is 2.15. The molecule has 1 nitrogen and oxygen atoms in total. The molecule has 1 rings (SSSR count). The molecule has 74 valence electrons. The summed E-state index contributed by atoms with van der Waals surface area (Å²) in [4.78, 5) is 1.13. The summed E-state index contributed by atoms with van der Waals surface area (Å²) >= 11 is -0.0792. The Morgan fingerprint density at radius 2 is 1.92 bits per heavy atom. The Balaban J connectivity index is 2.64. The normalized spacial score (nSPS) is 10.8. The number of hydrogen-bond acceptors (Lipinski definition) is 2. The topological polar surface area (TPSA) is 9.23 Å². The van der Waals surface area contributed by atoms with E-state index in [-0.39, 0.29) is 0 Å². The van der Waals surface area contributed by atoms with E-state index >= 15 is 0 Å². The Morgan fingerprint density at radius 1 is 1.31 bits per heavy atom. The number of benzene rings is 1. The molecule has 0 aliphatic heterocycles. The third-order valence-corrected chi connectivity index (χ3v) is 5.83. The molecular weight excluding hydrogens is 316 g/mol. The Labute approximate surface area is 94.9 Å². The third kappa shape index (κ3) is 4.46. The van der Waals surface area contributed by atoms with Crippen LogP contribution >= 0.6 is 31.1 Å². The van der Waals surface area contributed by atoms with Gasteiger partial charge in [0.25, 0.3) is 0 Å². The molecule has 0 N–H and O–H groups in total. The molecule has 0 fully saturated rings. The average molecular weight is 324 g/mol. The van der Waals surface area contributed by atoms with Crippen LogP contribution in [-0.2, 0) is 13.5 Å². The van der Waals surface area contributed by atoms with Crippen molar-refractivity contribution < 1.29 is 18.3 Å². The van der Waals surface area contributed by atoms with Gasteiger partial charge in [-0.15, -0.1) is 0 Å². The van der Waals surface area contributed by atoms with Gasteiger partial charge in [-0.05, 0) is 0 Å². The zero-order chi connectivity index (χ0) is 9.68. The Morgan fingerprint density at radius 3 is 2.38 bits per heavy atom. The van der Waals surface area contributed by atoms with E-state index in [4.69, 9.17) is 24.1 Å². The van der Waals surface area contributed by atoms with Crippen molar-refractivity contribution in [1.29, 1.82) is 0 Å².